The van der Waals surface area contributed by atoms with Crippen molar-refractivity contribution >= 4 is 12.0 Å². The lowest BCUT2D eigenvalue weighted by atomic mass is 9.94. The lowest BCUT2D eigenvalue weighted by Gasteiger charge is -2.23. The van der Waals surface area contributed by atoms with Gasteiger partial charge in [-0.05, 0) is 24.7 Å². The number of hydrogen-bond acceptors (Lipinski definition) is 3. The molecule has 0 aromatic heterocycles. The third kappa shape index (κ3) is 7.99. The van der Waals surface area contributed by atoms with Gasteiger partial charge in [-0.15, -0.1) is 0 Å². The van der Waals surface area contributed by atoms with Crippen molar-refractivity contribution in [2.24, 2.45) is 17.8 Å². The lowest BCUT2D eigenvalue weighted by Crippen LogP contribution is -2.42. The van der Waals surface area contributed by atoms with Crippen LogP contribution in [-0.4, -0.2) is 53.9 Å². The molecule has 0 aliphatic rings. The Hall–Kier alpha value is -1.30. The summed E-state index contributed by atoms with van der Waals surface area (Å²) in [5, 5.41) is 20.6. The van der Waals surface area contributed by atoms with E-state index in [1.54, 1.807) is 14.0 Å². The number of carboxylic acids is 1. The van der Waals surface area contributed by atoms with E-state index in [2.05, 4.69) is 19.2 Å². The Morgan fingerprint density at radius 3 is 2.30 bits per heavy atom. The topological polar surface area (TPSA) is 89.9 Å². The normalized spacial score (nSPS) is 13.9. The minimum atomic E-state index is -0.914. The maximum Gasteiger partial charge on any atom is 0.317 e. The second-order valence-corrected chi connectivity index (χ2v) is 5.81. The number of aliphatic hydroxyl groups is 1. The average Bonchev–Trinajstić information content (AvgIpc) is 2.34. The number of carbonyl (C=O) groups is 2. The van der Waals surface area contributed by atoms with Gasteiger partial charge in [0.2, 0.25) is 0 Å². The van der Waals surface area contributed by atoms with Gasteiger partial charge in [-0.1, -0.05) is 20.8 Å². The molecule has 3 N–H and O–H groups in total. The highest BCUT2D eigenvalue weighted by Gasteiger charge is 2.18. The number of hydrogen-bond donors (Lipinski definition) is 3. The van der Waals surface area contributed by atoms with Gasteiger partial charge in [-0.2, -0.15) is 0 Å². The van der Waals surface area contributed by atoms with E-state index in [0.29, 0.717) is 18.9 Å². The Balaban J connectivity index is 4.19. The largest absolute Gasteiger partial charge is 0.481 e. The van der Waals surface area contributed by atoms with E-state index >= 15 is 0 Å². The molecule has 118 valence electrons. The second-order valence-electron chi connectivity index (χ2n) is 5.81. The Morgan fingerprint density at radius 1 is 1.25 bits per heavy atom. The number of carbonyl (C=O) groups excluding carboxylic acids is 1. The maximum atomic E-state index is 11.9. The van der Waals surface area contributed by atoms with Gasteiger partial charge in [-0.3, -0.25) is 4.79 Å². The highest BCUT2D eigenvalue weighted by atomic mass is 16.4. The summed E-state index contributed by atoms with van der Waals surface area (Å²) in [4.78, 5) is 24.0. The highest BCUT2D eigenvalue weighted by molar-refractivity contribution is 5.75. The predicted molar refractivity (Wildman–Crippen MR) is 77.5 cm³/mol. The molecule has 0 fully saturated rings. The minimum absolute atomic E-state index is 0.110. The van der Waals surface area contributed by atoms with Crippen LogP contribution < -0.4 is 5.32 Å². The molecule has 0 rings (SSSR count). The molecule has 6 nitrogen and oxygen atoms in total. The third-order valence-electron chi connectivity index (χ3n) is 3.20. The fourth-order valence-corrected chi connectivity index (χ4v) is 2.09. The zero-order valence-corrected chi connectivity index (χ0v) is 12.9. The quantitative estimate of drug-likeness (QED) is 0.598. The lowest BCUT2D eigenvalue weighted by molar-refractivity contribution is -0.141. The maximum absolute atomic E-state index is 11.9. The predicted octanol–water partition coefficient (Wildman–Crippen LogP) is 1.39. The smallest absolute Gasteiger partial charge is 0.317 e. The summed E-state index contributed by atoms with van der Waals surface area (Å²) in [5.74, 6) is -0.750. The summed E-state index contributed by atoms with van der Waals surface area (Å²) in [6, 6.07) is -0.273. The van der Waals surface area contributed by atoms with E-state index in [9.17, 15) is 9.59 Å². The van der Waals surface area contributed by atoms with Crippen LogP contribution in [0.15, 0.2) is 0 Å². The molecule has 6 heteroatoms. The number of urea groups is 1. The molecule has 0 aliphatic heterocycles. The molecule has 0 aliphatic carbocycles. The monoisotopic (exact) mass is 288 g/mol. The first-order chi connectivity index (χ1) is 9.27. The molecule has 2 atom stereocenters. The van der Waals surface area contributed by atoms with Gasteiger partial charge in [0.1, 0.15) is 0 Å². The summed E-state index contributed by atoms with van der Waals surface area (Å²) < 4.78 is 0. The van der Waals surface area contributed by atoms with Gasteiger partial charge in [0.15, 0.2) is 0 Å². The van der Waals surface area contributed by atoms with Crippen LogP contribution in [0, 0.1) is 17.8 Å². The molecule has 0 radical (unpaired) electrons. The molecule has 0 bridgehead atoms. The van der Waals surface area contributed by atoms with Gasteiger partial charge in [0, 0.05) is 26.7 Å². The molecule has 0 saturated heterocycles. The molecule has 20 heavy (non-hydrogen) atoms. The van der Waals surface area contributed by atoms with Crippen LogP contribution in [0.5, 0.6) is 0 Å². The molecule has 0 spiro atoms. The van der Waals surface area contributed by atoms with Gasteiger partial charge in [0.05, 0.1) is 5.92 Å². The Bertz CT molecular complexity index is 308. The molecule has 2 unspecified atom stereocenters. The van der Waals surface area contributed by atoms with Crippen LogP contribution in [0.1, 0.15) is 33.6 Å². The molecular weight excluding hydrogens is 260 g/mol. The summed E-state index contributed by atoms with van der Waals surface area (Å²) >= 11 is 0. The number of nitrogens with zero attached hydrogens (tertiary/aromatic N) is 1. The number of rotatable bonds is 9. The van der Waals surface area contributed by atoms with Crippen LogP contribution >= 0.6 is 0 Å². The van der Waals surface area contributed by atoms with Crippen LogP contribution in [0.25, 0.3) is 0 Å². The molecule has 0 aromatic carbocycles. The van der Waals surface area contributed by atoms with Crippen molar-refractivity contribution in [2.45, 2.75) is 33.6 Å². The SMILES string of the molecule is CC(C)CC(CCO)CNC(=O)N(C)CC(C)C(=O)O. The van der Waals surface area contributed by atoms with Crippen molar-refractivity contribution < 1.29 is 19.8 Å². The van der Waals surface area contributed by atoms with Crippen LogP contribution in [0.2, 0.25) is 0 Å². The van der Waals surface area contributed by atoms with Gasteiger partial charge >= 0.3 is 12.0 Å². The van der Waals surface area contributed by atoms with E-state index in [4.69, 9.17) is 10.2 Å². The summed E-state index contributed by atoms with van der Waals surface area (Å²) in [6.45, 7) is 6.57. The fraction of sp³-hybridized carbons (Fsp3) is 0.857. The van der Waals surface area contributed by atoms with Crippen molar-refractivity contribution in [1.29, 1.82) is 0 Å². The van der Waals surface area contributed by atoms with Crippen LogP contribution in [-0.2, 0) is 4.79 Å². The Morgan fingerprint density at radius 2 is 1.85 bits per heavy atom. The van der Waals surface area contributed by atoms with Crippen molar-refractivity contribution in [3.05, 3.63) is 0 Å². The summed E-state index contributed by atoms with van der Waals surface area (Å²) in [7, 11) is 1.58. The van der Waals surface area contributed by atoms with Crippen molar-refractivity contribution in [3.63, 3.8) is 0 Å². The molecule has 0 heterocycles. The van der Waals surface area contributed by atoms with Gasteiger partial charge in [-0.25, -0.2) is 4.79 Å². The van der Waals surface area contributed by atoms with E-state index in [0.717, 1.165) is 6.42 Å². The summed E-state index contributed by atoms with van der Waals surface area (Å²) in [6.07, 6.45) is 1.60. The minimum Gasteiger partial charge on any atom is -0.481 e. The van der Waals surface area contributed by atoms with Crippen molar-refractivity contribution in [2.75, 3.05) is 26.7 Å². The first-order valence-electron chi connectivity index (χ1n) is 7.10. The number of carboxylic acid groups (broad SMARTS) is 1. The summed E-state index contributed by atoms with van der Waals surface area (Å²) in [5.41, 5.74) is 0. The number of nitrogens with one attached hydrogen (secondary N) is 1. The van der Waals surface area contributed by atoms with Crippen LogP contribution in [0.4, 0.5) is 4.79 Å². The fourth-order valence-electron chi connectivity index (χ4n) is 2.09. The number of aliphatic hydroxyl groups excluding tert-OH is 1. The van der Waals surface area contributed by atoms with E-state index in [1.807, 2.05) is 0 Å². The van der Waals surface area contributed by atoms with E-state index < -0.39 is 11.9 Å². The first kappa shape index (κ1) is 18.7. The van der Waals surface area contributed by atoms with Gasteiger partial charge < -0.3 is 20.4 Å². The second kappa shape index (κ2) is 9.58. The molecule has 0 aromatic rings. The standard InChI is InChI=1S/C14H28N2O4/c1-10(2)7-12(5-6-17)8-15-14(20)16(4)9-11(3)13(18)19/h10-12,17H,5-9H2,1-4H3,(H,15,20)(H,18,19). The Labute approximate surface area is 121 Å². The molecule has 2 amide bonds. The average molecular weight is 288 g/mol. The Kier molecular flexibility index (Phi) is 8.96. The van der Waals surface area contributed by atoms with Gasteiger partial charge in [0.25, 0.3) is 0 Å². The first-order valence-corrected chi connectivity index (χ1v) is 7.10. The van der Waals surface area contributed by atoms with Crippen molar-refractivity contribution in [3.8, 4) is 0 Å². The zero-order chi connectivity index (χ0) is 15.7. The van der Waals surface area contributed by atoms with E-state index in [1.165, 1.54) is 4.90 Å². The zero-order valence-electron chi connectivity index (χ0n) is 12.9. The number of amides is 2. The third-order valence-corrected chi connectivity index (χ3v) is 3.20. The van der Waals surface area contributed by atoms with Crippen LogP contribution in [0.3, 0.4) is 0 Å². The molecule has 0 saturated carbocycles. The van der Waals surface area contributed by atoms with E-state index in [-0.39, 0.29) is 25.1 Å². The molecular formula is C14H28N2O4. The highest BCUT2D eigenvalue weighted by Crippen LogP contribution is 2.14. The number of aliphatic carboxylic acids is 1. The van der Waals surface area contributed by atoms with Crippen molar-refractivity contribution in [1.82, 2.24) is 10.2 Å².